The van der Waals surface area contributed by atoms with Crippen molar-refractivity contribution in [1.82, 2.24) is 25.0 Å². The minimum Gasteiger partial charge on any atom is -0.352 e. The van der Waals surface area contributed by atoms with Crippen molar-refractivity contribution in [2.24, 2.45) is 0 Å². The molecule has 4 heterocycles. The Labute approximate surface area is 165 Å². The topological polar surface area (TPSA) is 63.0 Å². The number of pyridine rings is 1. The zero-order valence-corrected chi connectivity index (χ0v) is 16.7. The Hall–Kier alpha value is -2.55. The van der Waals surface area contributed by atoms with Crippen LogP contribution in [0, 0.1) is 19.7 Å². The van der Waals surface area contributed by atoms with Crippen molar-refractivity contribution < 1.29 is 4.39 Å². The molecule has 140 valence electrons. The zero-order chi connectivity index (χ0) is 19.0. The number of nitrogens with zero attached hydrogens (tertiary/aromatic N) is 7. The average Bonchev–Trinajstić information content (AvgIpc) is 3.00. The number of hydrogen-bond acceptors (Lipinski definition) is 6. The molecule has 3 aromatic heterocycles. The summed E-state index contributed by atoms with van der Waals surface area (Å²) < 4.78 is 16.5. The van der Waals surface area contributed by atoms with Crippen LogP contribution in [0.1, 0.15) is 11.4 Å². The van der Waals surface area contributed by atoms with Crippen LogP contribution in [0.25, 0.3) is 5.82 Å². The second kappa shape index (κ2) is 7.22. The molecule has 27 heavy (non-hydrogen) atoms. The summed E-state index contributed by atoms with van der Waals surface area (Å²) in [5.74, 6) is 1.59. The molecule has 0 aliphatic carbocycles. The summed E-state index contributed by atoms with van der Waals surface area (Å²) in [6, 6.07) is 7.32. The Kier molecular flexibility index (Phi) is 4.77. The first-order valence-corrected chi connectivity index (χ1v) is 9.49. The van der Waals surface area contributed by atoms with Crippen LogP contribution in [0.2, 0.25) is 0 Å². The van der Waals surface area contributed by atoms with Gasteiger partial charge in [0.05, 0.1) is 5.69 Å². The largest absolute Gasteiger partial charge is 0.352 e. The first-order chi connectivity index (χ1) is 13.0. The number of piperazine rings is 1. The molecule has 0 amide bonds. The Morgan fingerprint density at radius 1 is 0.963 bits per heavy atom. The van der Waals surface area contributed by atoms with Crippen LogP contribution < -0.4 is 9.80 Å². The van der Waals surface area contributed by atoms with E-state index in [-0.39, 0.29) is 5.82 Å². The van der Waals surface area contributed by atoms with Gasteiger partial charge >= 0.3 is 0 Å². The number of rotatable bonds is 3. The lowest BCUT2D eigenvalue weighted by atomic mass is 10.3. The molecule has 0 saturated carbocycles. The lowest BCUT2D eigenvalue weighted by Gasteiger charge is -2.35. The van der Waals surface area contributed by atoms with E-state index in [2.05, 4.69) is 41.1 Å². The molecule has 0 bridgehead atoms. The van der Waals surface area contributed by atoms with E-state index in [1.54, 1.807) is 10.9 Å². The highest BCUT2D eigenvalue weighted by atomic mass is 79.9. The van der Waals surface area contributed by atoms with Crippen molar-refractivity contribution in [1.29, 1.82) is 0 Å². The fourth-order valence-electron chi connectivity index (χ4n) is 3.25. The van der Waals surface area contributed by atoms with Crippen LogP contribution in [0.5, 0.6) is 0 Å². The third-order valence-corrected chi connectivity index (χ3v) is 4.99. The van der Waals surface area contributed by atoms with E-state index in [4.69, 9.17) is 0 Å². The third-order valence-electron chi connectivity index (χ3n) is 4.55. The summed E-state index contributed by atoms with van der Waals surface area (Å²) in [7, 11) is 0. The molecule has 3 aromatic rings. The molecule has 7 nitrogen and oxygen atoms in total. The lowest BCUT2D eigenvalue weighted by molar-refractivity contribution is 0.585. The van der Waals surface area contributed by atoms with Crippen molar-refractivity contribution in [3.8, 4) is 5.82 Å². The first kappa shape index (κ1) is 17.8. The van der Waals surface area contributed by atoms with Crippen LogP contribution in [-0.2, 0) is 0 Å². The molecule has 9 heteroatoms. The predicted molar refractivity (Wildman–Crippen MR) is 105 cm³/mol. The Bertz CT molecular complexity index is 949. The number of halogens is 2. The van der Waals surface area contributed by atoms with E-state index in [1.807, 2.05) is 36.9 Å². The fraction of sp³-hybridized carbons (Fsp3) is 0.333. The van der Waals surface area contributed by atoms with Crippen molar-refractivity contribution >= 4 is 27.6 Å². The highest BCUT2D eigenvalue weighted by Gasteiger charge is 2.22. The quantitative estimate of drug-likeness (QED) is 0.635. The van der Waals surface area contributed by atoms with E-state index < -0.39 is 0 Å². The van der Waals surface area contributed by atoms with Gasteiger partial charge in [0.15, 0.2) is 23.3 Å². The average molecular weight is 432 g/mol. The highest BCUT2D eigenvalue weighted by Crippen LogP contribution is 2.22. The van der Waals surface area contributed by atoms with Crippen molar-refractivity contribution in [2.45, 2.75) is 13.8 Å². The SMILES string of the molecule is Cc1cc(C)n(-c2ccc(N3CCN(c4ncc(Br)cc4F)CC3)nn2)n1. The lowest BCUT2D eigenvalue weighted by Crippen LogP contribution is -2.47. The number of aryl methyl sites for hydroxylation is 2. The molecule has 0 atom stereocenters. The molecule has 1 fully saturated rings. The van der Waals surface area contributed by atoms with Crippen molar-refractivity contribution in [3.05, 3.63) is 52.1 Å². The molecule has 0 spiro atoms. The van der Waals surface area contributed by atoms with Gasteiger partial charge in [-0.25, -0.2) is 14.1 Å². The maximum absolute atomic E-state index is 14.1. The van der Waals surface area contributed by atoms with Gasteiger partial charge in [0.2, 0.25) is 0 Å². The van der Waals surface area contributed by atoms with Gasteiger partial charge < -0.3 is 9.80 Å². The van der Waals surface area contributed by atoms with Gasteiger partial charge in [0.1, 0.15) is 0 Å². The standard InChI is InChI=1S/C18H19BrFN7/c1-12-9-13(2)27(24-12)17-4-3-16(22-23-17)25-5-7-26(8-6-25)18-15(20)10-14(19)11-21-18/h3-4,9-11H,5-8H2,1-2H3. The number of hydrogen-bond donors (Lipinski definition) is 0. The Balaban J connectivity index is 1.44. The zero-order valence-electron chi connectivity index (χ0n) is 15.1. The van der Waals surface area contributed by atoms with Crippen LogP contribution in [0.3, 0.4) is 0 Å². The predicted octanol–water partition coefficient (Wildman–Crippen LogP) is 2.90. The van der Waals surface area contributed by atoms with Gasteiger partial charge in [-0.2, -0.15) is 5.10 Å². The van der Waals surface area contributed by atoms with Gasteiger partial charge in [0, 0.05) is 42.5 Å². The van der Waals surface area contributed by atoms with Gasteiger partial charge in [0.25, 0.3) is 0 Å². The molecule has 4 rings (SSSR count). The Morgan fingerprint density at radius 2 is 1.63 bits per heavy atom. The van der Waals surface area contributed by atoms with Crippen LogP contribution in [0.15, 0.2) is 34.9 Å². The summed E-state index contributed by atoms with van der Waals surface area (Å²) in [6.07, 6.45) is 1.62. The van der Waals surface area contributed by atoms with E-state index in [1.165, 1.54) is 6.07 Å². The summed E-state index contributed by atoms with van der Waals surface area (Å²) in [6.45, 7) is 6.74. The molecule has 0 unspecified atom stereocenters. The smallest absolute Gasteiger partial charge is 0.176 e. The summed E-state index contributed by atoms with van der Waals surface area (Å²) in [5, 5.41) is 13.1. The molecule has 1 aliphatic rings. The minimum absolute atomic E-state index is 0.313. The monoisotopic (exact) mass is 431 g/mol. The van der Waals surface area contributed by atoms with Gasteiger partial charge in [-0.1, -0.05) is 0 Å². The van der Waals surface area contributed by atoms with E-state index in [0.29, 0.717) is 29.2 Å². The minimum atomic E-state index is -0.313. The molecule has 1 saturated heterocycles. The van der Waals surface area contributed by atoms with Crippen LogP contribution in [0.4, 0.5) is 16.0 Å². The number of aromatic nitrogens is 5. The fourth-order valence-corrected chi connectivity index (χ4v) is 3.55. The molecule has 1 aliphatic heterocycles. The van der Waals surface area contributed by atoms with Gasteiger partial charge in [-0.05, 0) is 54.0 Å². The Morgan fingerprint density at radius 3 is 2.22 bits per heavy atom. The second-order valence-corrected chi connectivity index (χ2v) is 7.44. The van der Waals surface area contributed by atoms with Crippen LogP contribution >= 0.6 is 15.9 Å². The summed E-state index contributed by atoms with van der Waals surface area (Å²) >= 11 is 3.24. The molecule has 0 aromatic carbocycles. The maximum atomic E-state index is 14.1. The first-order valence-electron chi connectivity index (χ1n) is 8.69. The van der Waals surface area contributed by atoms with Crippen LogP contribution in [-0.4, -0.2) is 51.1 Å². The third kappa shape index (κ3) is 3.64. The maximum Gasteiger partial charge on any atom is 0.176 e. The van der Waals surface area contributed by atoms with E-state index in [9.17, 15) is 4.39 Å². The molecular weight excluding hydrogens is 413 g/mol. The van der Waals surface area contributed by atoms with E-state index >= 15 is 0 Å². The van der Waals surface area contributed by atoms with Gasteiger partial charge in [-0.15, -0.1) is 10.2 Å². The van der Waals surface area contributed by atoms with E-state index in [0.717, 1.165) is 30.3 Å². The van der Waals surface area contributed by atoms with Gasteiger partial charge in [-0.3, -0.25) is 0 Å². The normalized spacial score (nSPS) is 14.7. The molecule has 0 radical (unpaired) electrons. The molecule has 0 N–H and O–H groups in total. The van der Waals surface area contributed by atoms with Crippen molar-refractivity contribution in [3.63, 3.8) is 0 Å². The number of anilines is 2. The highest BCUT2D eigenvalue weighted by molar-refractivity contribution is 9.10. The molecular formula is C18H19BrFN7. The summed E-state index contributed by atoms with van der Waals surface area (Å²) in [4.78, 5) is 8.30. The summed E-state index contributed by atoms with van der Waals surface area (Å²) in [5.41, 5.74) is 1.97. The van der Waals surface area contributed by atoms with Crippen molar-refractivity contribution in [2.75, 3.05) is 36.0 Å². The second-order valence-electron chi connectivity index (χ2n) is 6.52.